The van der Waals surface area contributed by atoms with Crippen LogP contribution in [0.2, 0.25) is 5.02 Å². The molecule has 0 spiro atoms. The Hall–Kier alpha value is -1.11. The van der Waals surface area contributed by atoms with Gasteiger partial charge >= 0.3 is 0 Å². The van der Waals surface area contributed by atoms with Crippen LogP contribution in [0.25, 0.3) is 11.0 Å². The number of nitrogens with zero attached hydrogens (tertiary/aromatic N) is 2. The van der Waals surface area contributed by atoms with Gasteiger partial charge in [0.1, 0.15) is 5.82 Å². The SMILES string of the molecule is Nc1nc2cc(F)c(Cl)cc2n1Cc1sccc1Br. The largest absolute Gasteiger partial charge is 0.369 e. The zero-order valence-corrected chi connectivity index (χ0v) is 12.7. The first-order valence-corrected chi connectivity index (χ1v) is 7.44. The fourth-order valence-electron chi connectivity index (χ4n) is 1.89. The molecule has 0 radical (unpaired) electrons. The predicted octanol–water partition coefficient (Wildman–Crippen LogP) is 4.28. The van der Waals surface area contributed by atoms with Crippen LogP contribution >= 0.6 is 38.9 Å². The van der Waals surface area contributed by atoms with Crippen molar-refractivity contribution < 1.29 is 4.39 Å². The number of nitrogen functional groups attached to an aromatic ring is 1. The number of anilines is 1. The number of imidazole rings is 1. The van der Waals surface area contributed by atoms with Gasteiger partial charge in [0.05, 0.1) is 22.6 Å². The van der Waals surface area contributed by atoms with Crippen LogP contribution in [-0.4, -0.2) is 9.55 Å². The second-order valence-corrected chi connectivity index (χ2v) is 6.27. The number of nitrogens with two attached hydrogens (primary N) is 1. The van der Waals surface area contributed by atoms with E-state index in [-0.39, 0.29) is 5.02 Å². The first kappa shape index (κ1) is 12.9. The standard InChI is InChI=1S/C12H8BrClFN3S/c13-6-1-2-19-11(6)5-18-10-3-7(14)8(15)4-9(10)17-12(18)16/h1-4H,5H2,(H2,16,17). The third-order valence-electron chi connectivity index (χ3n) is 2.81. The minimum absolute atomic E-state index is 0.0684. The molecule has 0 aliphatic carbocycles. The third-order valence-corrected chi connectivity index (χ3v) is 5.01. The van der Waals surface area contributed by atoms with Crippen molar-refractivity contribution in [3.63, 3.8) is 0 Å². The van der Waals surface area contributed by atoms with E-state index < -0.39 is 5.82 Å². The van der Waals surface area contributed by atoms with Crippen LogP contribution in [0.15, 0.2) is 28.1 Å². The van der Waals surface area contributed by atoms with E-state index in [1.54, 1.807) is 17.4 Å². The summed E-state index contributed by atoms with van der Waals surface area (Å²) in [6.07, 6.45) is 0. The van der Waals surface area contributed by atoms with Gasteiger partial charge in [-0.25, -0.2) is 9.37 Å². The second-order valence-electron chi connectivity index (χ2n) is 4.00. The third kappa shape index (κ3) is 2.24. The topological polar surface area (TPSA) is 43.8 Å². The summed E-state index contributed by atoms with van der Waals surface area (Å²) in [5, 5.41) is 2.06. The molecule has 0 bridgehead atoms. The minimum atomic E-state index is -0.490. The molecule has 2 heterocycles. The lowest BCUT2D eigenvalue weighted by Gasteiger charge is -2.05. The molecule has 0 saturated heterocycles. The van der Waals surface area contributed by atoms with Crippen molar-refractivity contribution >= 4 is 55.8 Å². The normalized spacial score (nSPS) is 11.3. The lowest BCUT2D eigenvalue weighted by Crippen LogP contribution is -2.03. The van der Waals surface area contributed by atoms with Crippen LogP contribution in [-0.2, 0) is 6.54 Å². The first-order valence-electron chi connectivity index (χ1n) is 5.39. The number of hydrogen-bond donors (Lipinski definition) is 1. The van der Waals surface area contributed by atoms with Gasteiger partial charge in [0.15, 0.2) is 0 Å². The van der Waals surface area contributed by atoms with Crippen molar-refractivity contribution in [1.29, 1.82) is 0 Å². The molecule has 2 N–H and O–H groups in total. The molecule has 0 atom stereocenters. The van der Waals surface area contributed by atoms with Crippen LogP contribution in [0.4, 0.5) is 10.3 Å². The van der Waals surface area contributed by atoms with E-state index in [4.69, 9.17) is 17.3 Å². The summed E-state index contributed by atoms with van der Waals surface area (Å²) < 4.78 is 16.2. The number of aromatic nitrogens is 2. The van der Waals surface area contributed by atoms with E-state index in [0.29, 0.717) is 18.0 Å². The summed E-state index contributed by atoms with van der Waals surface area (Å²) in [7, 11) is 0. The second kappa shape index (κ2) is 4.77. The molecular formula is C12H8BrClFN3S. The molecule has 2 aromatic heterocycles. The highest BCUT2D eigenvalue weighted by Gasteiger charge is 2.13. The maximum Gasteiger partial charge on any atom is 0.201 e. The number of benzene rings is 1. The number of halogens is 3. The highest BCUT2D eigenvalue weighted by molar-refractivity contribution is 9.10. The average Bonchev–Trinajstić information content (AvgIpc) is 2.88. The summed E-state index contributed by atoms with van der Waals surface area (Å²) in [5.74, 6) is -0.145. The lowest BCUT2D eigenvalue weighted by molar-refractivity contribution is 0.629. The van der Waals surface area contributed by atoms with Gasteiger partial charge in [-0.15, -0.1) is 11.3 Å². The first-order chi connectivity index (χ1) is 9.06. The molecule has 0 saturated carbocycles. The van der Waals surface area contributed by atoms with Crippen molar-refractivity contribution in [2.24, 2.45) is 0 Å². The Bertz CT molecular complexity index is 768. The Balaban J connectivity index is 2.15. The van der Waals surface area contributed by atoms with Gasteiger partial charge < -0.3 is 10.3 Å². The van der Waals surface area contributed by atoms with Gasteiger partial charge in [0.25, 0.3) is 0 Å². The van der Waals surface area contributed by atoms with E-state index >= 15 is 0 Å². The van der Waals surface area contributed by atoms with Crippen molar-refractivity contribution in [1.82, 2.24) is 9.55 Å². The van der Waals surface area contributed by atoms with Gasteiger partial charge in [-0.2, -0.15) is 0 Å². The molecule has 0 fully saturated rings. The van der Waals surface area contributed by atoms with E-state index in [9.17, 15) is 4.39 Å². The van der Waals surface area contributed by atoms with E-state index in [1.807, 2.05) is 16.0 Å². The van der Waals surface area contributed by atoms with Crippen molar-refractivity contribution in [2.75, 3.05) is 5.73 Å². The van der Waals surface area contributed by atoms with Gasteiger partial charge in [-0.05, 0) is 33.4 Å². The molecule has 0 amide bonds. The molecular weight excluding hydrogens is 353 g/mol. The van der Waals surface area contributed by atoms with E-state index in [1.165, 1.54) is 6.07 Å². The van der Waals surface area contributed by atoms with Crippen LogP contribution in [0, 0.1) is 5.82 Å². The molecule has 98 valence electrons. The highest BCUT2D eigenvalue weighted by Crippen LogP contribution is 2.29. The monoisotopic (exact) mass is 359 g/mol. The summed E-state index contributed by atoms with van der Waals surface area (Å²) in [4.78, 5) is 5.27. The zero-order valence-electron chi connectivity index (χ0n) is 9.53. The summed E-state index contributed by atoms with van der Waals surface area (Å²) in [6, 6.07) is 4.83. The maximum atomic E-state index is 13.4. The Labute approximate surface area is 125 Å². The van der Waals surface area contributed by atoms with E-state index in [2.05, 4.69) is 20.9 Å². The Kier molecular flexibility index (Phi) is 3.24. The molecule has 7 heteroatoms. The smallest absolute Gasteiger partial charge is 0.201 e. The van der Waals surface area contributed by atoms with Crippen molar-refractivity contribution in [3.05, 3.63) is 43.8 Å². The van der Waals surface area contributed by atoms with Crippen LogP contribution < -0.4 is 5.73 Å². The van der Waals surface area contributed by atoms with Crippen LogP contribution in [0.5, 0.6) is 0 Å². The molecule has 19 heavy (non-hydrogen) atoms. The van der Waals surface area contributed by atoms with Crippen LogP contribution in [0.3, 0.4) is 0 Å². The van der Waals surface area contributed by atoms with Crippen molar-refractivity contribution in [2.45, 2.75) is 6.54 Å². The molecule has 3 aromatic rings. The van der Waals surface area contributed by atoms with Crippen LogP contribution in [0.1, 0.15) is 4.88 Å². The quantitative estimate of drug-likeness (QED) is 0.741. The van der Waals surface area contributed by atoms with Gasteiger partial charge in [0, 0.05) is 15.4 Å². The Morgan fingerprint density at radius 2 is 2.26 bits per heavy atom. The number of fused-ring (bicyclic) bond motifs is 1. The predicted molar refractivity (Wildman–Crippen MR) is 80.2 cm³/mol. The van der Waals surface area contributed by atoms with Gasteiger partial charge in [0.2, 0.25) is 5.95 Å². The summed E-state index contributed by atoms with van der Waals surface area (Å²) >= 11 is 10.9. The minimum Gasteiger partial charge on any atom is -0.369 e. The Morgan fingerprint density at radius 1 is 1.47 bits per heavy atom. The molecule has 3 rings (SSSR count). The number of hydrogen-bond acceptors (Lipinski definition) is 3. The zero-order chi connectivity index (χ0) is 13.6. The van der Waals surface area contributed by atoms with Crippen molar-refractivity contribution in [3.8, 4) is 0 Å². The fraction of sp³-hybridized carbons (Fsp3) is 0.0833. The van der Waals surface area contributed by atoms with Gasteiger partial charge in [-0.1, -0.05) is 11.6 Å². The van der Waals surface area contributed by atoms with Gasteiger partial charge in [-0.3, -0.25) is 0 Å². The maximum absolute atomic E-state index is 13.4. The fourth-order valence-corrected chi connectivity index (χ4v) is 3.51. The molecule has 3 nitrogen and oxygen atoms in total. The molecule has 0 aliphatic rings. The highest BCUT2D eigenvalue weighted by atomic mass is 79.9. The van der Waals surface area contributed by atoms with E-state index in [0.717, 1.165) is 14.9 Å². The lowest BCUT2D eigenvalue weighted by atomic mass is 10.3. The number of rotatable bonds is 2. The summed E-state index contributed by atoms with van der Waals surface area (Å²) in [5.41, 5.74) is 7.13. The molecule has 1 aromatic carbocycles. The molecule has 0 unspecified atom stereocenters. The average molecular weight is 361 g/mol. The Morgan fingerprint density at radius 3 is 2.95 bits per heavy atom. The molecule has 0 aliphatic heterocycles. The summed E-state index contributed by atoms with van der Waals surface area (Å²) in [6.45, 7) is 0.572. The number of thiophene rings is 1.